The van der Waals surface area contributed by atoms with Crippen LogP contribution in [0.15, 0.2) is 28.6 Å². The van der Waals surface area contributed by atoms with Crippen LogP contribution in [0.4, 0.5) is 0 Å². The molecule has 0 spiro atoms. The van der Waals surface area contributed by atoms with Gasteiger partial charge in [-0.2, -0.15) is 0 Å². The molecule has 0 aromatic carbocycles. The number of nitrogens with zero attached hydrogens (tertiary/aromatic N) is 1. The number of aliphatic imine (C=N–C) groups is 1. The Hall–Kier alpha value is -0.890. The monoisotopic (exact) mass is 179 g/mol. The summed E-state index contributed by atoms with van der Waals surface area (Å²) in [5.41, 5.74) is 2.36. The van der Waals surface area contributed by atoms with Gasteiger partial charge in [0.05, 0.1) is 0 Å². The van der Waals surface area contributed by atoms with Crippen LogP contribution in [0.1, 0.15) is 18.7 Å². The Morgan fingerprint density at radius 3 is 2.75 bits per heavy atom. The van der Waals surface area contributed by atoms with Gasteiger partial charge < -0.3 is 0 Å². The summed E-state index contributed by atoms with van der Waals surface area (Å²) < 4.78 is 0. The van der Waals surface area contributed by atoms with E-state index in [0.29, 0.717) is 0 Å². The molecule has 1 aromatic heterocycles. The molecule has 2 heteroatoms. The van der Waals surface area contributed by atoms with Crippen molar-refractivity contribution >= 4 is 22.6 Å². The van der Waals surface area contributed by atoms with Gasteiger partial charge in [0.25, 0.3) is 0 Å². The Morgan fingerprint density at radius 2 is 2.25 bits per heavy atom. The SMILES string of the molecule is CN=C(C)/C=C(\C)c1cccs1. The summed E-state index contributed by atoms with van der Waals surface area (Å²) in [5, 5.41) is 2.09. The minimum Gasteiger partial charge on any atom is -0.293 e. The summed E-state index contributed by atoms with van der Waals surface area (Å²) in [5.74, 6) is 0. The van der Waals surface area contributed by atoms with Gasteiger partial charge >= 0.3 is 0 Å². The van der Waals surface area contributed by atoms with Crippen molar-refractivity contribution in [2.24, 2.45) is 4.99 Å². The zero-order chi connectivity index (χ0) is 8.97. The van der Waals surface area contributed by atoms with Gasteiger partial charge in [0, 0.05) is 17.6 Å². The van der Waals surface area contributed by atoms with Crippen LogP contribution in [0, 0.1) is 0 Å². The lowest BCUT2D eigenvalue weighted by Gasteiger charge is -1.95. The first-order chi connectivity index (χ1) is 5.74. The van der Waals surface area contributed by atoms with Gasteiger partial charge in [0.15, 0.2) is 0 Å². The van der Waals surface area contributed by atoms with Gasteiger partial charge in [-0.25, -0.2) is 0 Å². The van der Waals surface area contributed by atoms with Crippen molar-refractivity contribution < 1.29 is 0 Å². The minimum atomic E-state index is 1.07. The number of hydrogen-bond acceptors (Lipinski definition) is 2. The van der Waals surface area contributed by atoms with Gasteiger partial charge in [-0.05, 0) is 36.9 Å². The highest BCUT2D eigenvalue weighted by Gasteiger charge is 1.95. The maximum atomic E-state index is 4.08. The van der Waals surface area contributed by atoms with Crippen LogP contribution in [0.5, 0.6) is 0 Å². The average Bonchev–Trinajstić information content (AvgIpc) is 2.56. The molecule has 0 bridgehead atoms. The highest BCUT2D eigenvalue weighted by molar-refractivity contribution is 7.11. The molecule has 0 fully saturated rings. The van der Waals surface area contributed by atoms with E-state index >= 15 is 0 Å². The van der Waals surface area contributed by atoms with Crippen LogP contribution >= 0.6 is 11.3 Å². The van der Waals surface area contributed by atoms with Gasteiger partial charge in [-0.15, -0.1) is 11.3 Å². The van der Waals surface area contributed by atoms with Crippen LogP contribution < -0.4 is 0 Å². The molecule has 0 aliphatic heterocycles. The van der Waals surface area contributed by atoms with E-state index in [-0.39, 0.29) is 0 Å². The molecule has 0 saturated carbocycles. The summed E-state index contributed by atoms with van der Waals surface area (Å²) in [7, 11) is 1.81. The number of allylic oxidation sites excluding steroid dienone is 2. The summed E-state index contributed by atoms with van der Waals surface area (Å²) in [6.45, 7) is 4.12. The van der Waals surface area contributed by atoms with E-state index in [9.17, 15) is 0 Å². The van der Waals surface area contributed by atoms with E-state index in [4.69, 9.17) is 0 Å². The predicted octanol–water partition coefficient (Wildman–Crippen LogP) is 3.24. The molecule has 12 heavy (non-hydrogen) atoms. The Bertz CT molecular complexity index is 294. The van der Waals surface area contributed by atoms with E-state index in [2.05, 4.69) is 35.5 Å². The molecule has 0 N–H and O–H groups in total. The molecule has 0 aliphatic carbocycles. The zero-order valence-corrected chi connectivity index (χ0v) is 8.48. The molecule has 1 rings (SSSR count). The van der Waals surface area contributed by atoms with Gasteiger partial charge in [-0.1, -0.05) is 6.07 Å². The third kappa shape index (κ3) is 2.31. The molecule has 1 aromatic rings. The largest absolute Gasteiger partial charge is 0.293 e. The fourth-order valence-corrected chi connectivity index (χ4v) is 1.66. The molecule has 0 saturated heterocycles. The van der Waals surface area contributed by atoms with Crippen LogP contribution in [0.25, 0.3) is 5.57 Å². The van der Waals surface area contributed by atoms with Crippen LogP contribution in [-0.2, 0) is 0 Å². The first-order valence-corrected chi connectivity index (χ1v) is 4.77. The molecule has 1 heterocycles. The first-order valence-electron chi connectivity index (χ1n) is 3.89. The van der Waals surface area contributed by atoms with E-state index in [1.165, 1.54) is 10.5 Å². The normalized spacial score (nSPS) is 13.6. The smallest absolute Gasteiger partial charge is 0.0317 e. The van der Waals surface area contributed by atoms with Crippen molar-refractivity contribution in [1.29, 1.82) is 0 Å². The summed E-state index contributed by atoms with van der Waals surface area (Å²) >= 11 is 1.76. The fraction of sp³-hybridized carbons (Fsp3) is 0.300. The predicted molar refractivity (Wildman–Crippen MR) is 57.0 cm³/mol. The second-order valence-corrected chi connectivity index (χ2v) is 3.62. The molecule has 0 amide bonds. The maximum Gasteiger partial charge on any atom is 0.0317 e. The Kier molecular flexibility index (Phi) is 3.23. The number of hydrogen-bond donors (Lipinski definition) is 0. The van der Waals surface area contributed by atoms with Gasteiger partial charge in [-0.3, -0.25) is 4.99 Å². The quantitative estimate of drug-likeness (QED) is 0.618. The second kappa shape index (κ2) is 4.21. The standard InChI is InChI=1S/C10H13NS/c1-8(7-9(2)11-3)10-5-4-6-12-10/h4-7H,1-3H3/b8-7+,11-9?. The Labute approximate surface area is 77.5 Å². The third-order valence-corrected chi connectivity index (χ3v) is 2.69. The van der Waals surface area contributed by atoms with E-state index < -0.39 is 0 Å². The van der Waals surface area contributed by atoms with Crippen molar-refractivity contribution in [2.45, 2.75) is 13.8 Å². The molecule has 0 aliphatic rings. The highest BCUT2D eigenvalue weighted by Crippen LogP contribution is 2.19. The van der Waals surface area contributed by atoms with Crippen molar-refractivity contribution in [3.8, 4) is 0 Å². The van der Waals surface area contributed by atoms with Crippen LogP contribution in [0.3, 0.4) is 0 Å². The van der Waals surface area contributed by atoms with Crippen molar-refractivity contribution in [3.05, 3.63) is 28.5 Å². The summed E-state index contributed by atoms with van der Waals surface area (Å²) in [6.07, 6.45) is 2.10. The molecule has 1 nitrogen and oxygen atoms in total. The molecule has 0 unspecified atom stereocenters. The minimum absolute atomic E-state index is 1.07. The molecular weight excluding hydrogens is 166 g/mol. The second-order valence-electron chi connectivity index (χ2n) is 2.67. The highest BCUT2D eigenvalue weighted by atomic mass is 32.1. The number of rotatable bonds is 2. The van der Waals surface area contributed by atoms with Crippen molar-refractivity contribution in [1.82, 2.24) is 0 Å². The first kappa shape index (κ1) is 9.20. The third-order valence-electron chi connectivity index (χ3n) is 1.69. The van der Waals surface area contributed by atoms with E-state index in [0.717, 1.165) is 5.71 Å². The molecule has 0 atom stereocenters. The Morgan fingerprint density at radius 1 is 1.50 bits per heavy atom. The molecular formula is C10H13NS. The number of thiophene rings is 1. The van der Waals surface area contributed by atoms with Crippen LogP contribution in [0.2, 0.25) is 0 Å². The summed E-state index contributed by atoms with van der Waals surface area (Å²) in [6, 6.07) is 4.19. The summed E-state index contributed by atoms with van der Waals surface area (Å²) in [4.78, 5) is 5.40. The zero-order valence-electron chi connectivity index (χ0n) is 7.66. The lowest BCUT2D eigenvalue weighted by molar-refractivity contribution is 1.43. The lowest BCUT2D eigenvalue weighted by atomic mass is 10.2. The van der Waals surface area contributed by atoms with Crippen molar-refractivity contribution in [2.75, 3.05) is 7.05 Å². The molecule has 64 valence electrons. The Balaban J connectivity index is 2.85. The van der Waals surface area contributed by atoms with Crippen LogP contribution in [-0.4, -0.2) is 12.8 Å². The topological polar surface area (TPSA) is 12.4 Å². The van der Waals surface area contributed by atoms with Gasteiger partial charge in [0.1, 0.15) is 0 Å². The van der Waals surface area contributed by atoms with Gasteiger partial charge in [0.2, 0.25) is 0 Å². The molecule has 0 radical (unpaired) electrons. The average molecular weight is 179 g/mol. The maximum absolute atomic E-state index is 4.08. The van der Waals surface area contributed by atoms with E-state index in [1.54, 1.807) is 11.3 Å². The fourth-order valence-electron chi connectivity index (χ4n) is 0.952. The van der Waals surface area contributed by atoms with E-state index in [1.807, 2.05) is 14.0 Å². The lowest BCUT2D eigenvalue weighted by Crippen LogP contribution is -1.84. The van der Waals surface area contributed by atoms with Crippen molar-refractivity contribution in [3.63, 3.8) is 0 Å².